The second kappa shape index (κ2) is 21.7. The molecular formula is C78H44N10. The van der Waals surface area contributed by atoms with Gasteiger partial charge in [0.15, 0.2) is 17.5 Å². The number of fused-ring (bicyclic) bond motifs is 6. The predicted molar refractivity (Wildman–Crippen MR) is 349 cm³/mol. The third kappa shape index (κ3) is 8.87. The van der Waals surface area contributed by atoms with Gasteiger partial charge in [0.25, 0.3) is 0 Å². The highest BCUT2D eigenvalue weighted by molar-refractivity contribution is 6.14. The van der Waals surface area contributed by atoms with E-state index in [1.807, 2.05) is 170 Å². The summed E-state index contributed by atoms with van der Waals surface area (Å²) in [5.41, 5.74) is 18.5. The molecule has 0 unspecified atom stereocenters. The lowest BCUT2D eigenvalue weighted by Crippen LogP contribution is -2.04. The Labute approximate surface area is 505 Å². The molecule has 4 heterocycles. The van der Waals surface area contributed by atoms with E-state index in [0.29, 0.717) is 39.7 Å². The van der Waals surface area contributed by atoms with Crippen molar-refractivity contribution in [1.82, 2.24) is 29.1 Å². The summed E-state index contributed by atoms with van der Waals surface area (Å²) in [5, 5.41) is 45.2. The van der Waals surface area contributed by atoms with Crippen LogP contribution >= 0.6 is 0 Å². The molecule has 10 heteroatoms. The quantitative estimate of drug-likeness (QED) is 0.131. The van der Waals surface area contributed by atoms with Gasteiger partial charge in [-0.15, -0.1) is 0 Å². The van der Waals surface area contributed by atoms with E-state index in [-0.39, 0.29) is 0 Å². The predicted octanol–water partition coefficient (Wildman–Crippen LogP) is 18.3. The van der Waals surface area contributed by atoms with Gasteiger partial charge in [0.1, 0.15) is 0 Å². The smallest absolute Gasteiger partial charge is 0.164 e. The molecule has 10 nitrogen and oxygen atoms in total. The lowest BCUT2D eigenvalue weighted by atomic mass is 9.96. The lowest BCUT2D eigenvalue weighted by Gasteiger charge is -2.19. The topological polar surface area (TPSA) is 157 Å². The van der Waals surface area contributed by atoms with E-state index in [1.165, 1.54) is 0 Å². The van der Waals surface area contributed by atoms with Crippen LogP contribution in [-0.4, -0.2) is 29.1 Å². The van der Waals surface area contributed by atoms with Gasteiger partial charge in [-0.2, -0.15) is 21.0 Å². The molecule has 0 amide bonds. The van der Waals surface area contributed by atoms with Crippen LogP contribution in [0.4, 0.5) is 0 Å². The molecule has 4 aromatic heterocycles. The number of rotatable bonds is 10. The highest BCUT2D eigenvalue weighted by atomic mass is 15.0. The SMILES string of the molecule is N#Cc1ccccc1-c1ccc2c(c1)c1cc(-c3ccccc3C#N)ccc1n2-c1ccncc1-c1cc(-c2nc(-c3ccccc3)nc(-c3ccccc3)n2)ccc1-n1c2ccc(-c3ccccc3C#N)cc2c2cc(-c3ccccc3C#N)ccc21. The zero-order valence-electron chi connectivity index (χ0n) is 46.9. The van der Waals surface area contributed by atoms with Crippen LogP contribution < -0.4 is 0 Å². The molecular weight excluding hydrogens is 1080 g/mol. The number of nitriles is 4. The highest BCUT2D eigenvalue weighted by Crippen LogP contribution is 2.45. The number of benzene rings is 11. The number of nitrogens with zero attached hydrogens (tertiary/aromatic N) is 10. The summed E-state index contributed by atoms with van der Waals surface area (Å²) in [6.45, 7) is 0. The summed E-state index contributed by atoms with van der Waals surface area (Å²) in [6, 6.07) is 94.0. The Morgan fingerprint density at radius 1 is 0.261 bits per heavy atom. The Hall–Kier alpha value is -12.9. The first kappa shape index (κ1) is 52.0. The number of pyridine rings is 1. The molecule has 88 heavy (non-hydrogen) atoms. The molecule has 11 aromatic carbocycles. The fourth-order valence-electron chi connectivity index (χ4n) is 12.4. The van der Waals surface area contributed by atoms with Crippen LogP contribution in [0.25, 0.3) is 145 Å². The zero-order valence-corrected chi connectivity index (χ0v) is 46.9. The molecule has 0 saturated carbocycles. The maximum atomic E-state index is 10.4. The van der Waals surface area contributed by atoms with Gasteiger partial charge in [-0.3, -0.25) is 4.98 Å². The van der Waals surface area contributed by atoms with Crippen LogP contribution in [0.1, 0.15) is 22.3 Å². The van der Waals surface area contributed by atoms with Crippen LogP contribution in [0, 0.1) is 45.3 Å². The lowest BCUT2D eigenvalue weighted by molar-refractivity contribution is 1.07. The van der Waals surface area contributed by atoms with Gasteiger partial charge in [-0.1, -0.05) is 158 Å². The van der Waals surface area contributed by atoms with Gasteiger partial charge >= 0.3 is 0 Å². The molecule has 0 fully saturated rings. The minimum Gasteiger partial charge on any atom is -0.309 e. The van der Waals surface area contributed by atoms with E-state index in [1.54, 1.807) is 0 Å². The second-order valence-corrected chi connectivity index (χ2v) is 21.4. The van der Waals surface area contributed by atoms with Gasteiger partial charge in [-0.05, 0) is 142 Å². The summed E-state index contributed by atoms with van der Waals surface area (Å²) >= 11 is 0. The monoisotopic (exact) mass is 1120 g/mol. The Kier molecular flexibility index (Phi) is 12.8. The molecule has 0 spiro atoms. The fourth-order valence-corrected chi connectivity index (χ4v) is 12.4. The second-order valence-electron chi connectivity index (χ2n) is 21.4. The van der Waals surface area contributed by atoms with Crippen molar-refractivity contribution in [1.29, 1.82) is 21.0 Å². The molecule has 0 radical (unpaired) electrons. The first-order valence-corrected chi connectivity index (χ1v) is 28.6. The summed E-state index contributed by atoms with van der Waals surface area (Å²) in [6.07, 6.45) is 3.74. The van der Waals surface area contributed by atoms with E-state index in [9.17, 15) is 21.0 Å². The Balaban J connectivity index is 1.03. The summed E-state index contributed by atoms with van der Waals surface area (Å²) in [5.74, 6) is 1.53. The molecule has 0 aliphatic rings. The van der Waals surface area contributed by atoms with Gasteiger partial charge in [-0.25, -0.2) is 15.0 Å². The molecule has 15 rings (SSSR count). The van der Waals surface area contributed by atoms with E-state index in [0.717, 1.165) is 127 Å². The molecule has 0 atom stereocenters. The van der Waals surface area contributed by atoms with Crippen LogP contribution in [0.15, 0.2) is 267 Å². The first-order chi connectivity index (χ1) is 43.5. The van der Waals surface area contributed by atoms with Crippen molar-refractivity contribution in [2.75, 3.05) is 0 Å². The fraction of sp³-hybridized carbons (Fsp3) is 0. The van der Waals surface area contributed by atoms with Crippen molar-refractivity contribution in [2.24, 2.45) is 0 Å². The van der Waals surface area contributed by atoms with Crippen LogP contribution in [0.3, 0.4) is 0 Å². The van der Waals surface area contributed by atoms with Crippen molar-refractivity contribution in [3.63, 3.8) is 0 Å². The first-order valence-electron chi connectivity index (χ1n) is 28.6. The number of hydrogen-bond donors (Lipinski definition) is 0. The minimum atomic E-state index is 0.474. The molecule has 0 bridgehead atoms. The van der Waals surface area contributed by atoms with Crippen LogP contribution in [-0.2, 0) is 0 Å². The van der Waals surface area contributed by atoms with Crippen molar-refractivity contribution >= 4 is 43.6 Å². The van der Waals surface area contributed by atoms with Crippen molar-refractivity contribution in [2.45, 2.75) is 0 Å². The third-order valence-corrected chi connectivity index (χ3v) is 16.5. The molecule has 406 valence electrons. The molecule has 0 N–H and O–H groups in total. The minimum absolute atomic E-state index is 0.474. The molecule has 15 aromatic rings. The summed E-state index contributed by atoms with van der Waals surface area (Å²) < 4.78 is 4.58. The standard InChI is InChI=1S/C78H44N10/c79-44-56-19-7-11-23-60(56)51-27-32-70-64(39-51)65-40-52(61-24-12-8-20-57(61)45-80)28-33-71(65)87(70)74-36-31-55(78-85-76(49-15-3-1-4-16-49)84-77(86-78)50-17-5-2-6-18-50)43-68(74)69-48-83-38-37-75(69)88-72-34-29-53(62-25-13-9-21-58(62)46-81)41-66(72)67-42-54(30-35-73(67)88)63-26-14-10-22-59(63)47-82/h1-43,48H. The Bertz CT molecular complexity index is 5230. The third-order valence-electron chi connectivity index (χ3n) is 16.5. The molecule has 0 saturated heterocycles. The maximum Gasteiger partial charge on any atom is 0.164 e. The number of hydrogen-bond acceptors (Lipinski definition) is 8. The normalized spacial score (nSPS) is 11.1. The highest BCUT2D eigenvalue weighted by Gasteiger charge is 2.25. The van der Waals surface area contributed by atoms with E-state index < -0.39 is 0 Å². The van der Waals surface area contributed by atoms with Crippen molar-refractivity contribution in [3.8, 4) is 125 Å². The average molecular weight is 1120 g/mol. The Morgan fingerprint density at radius 2 is 0.580 bits per heavy atom. The Morgan fingerprint density at radius 3 is 0.943 bits per heavy atom. The average Bonchev–Trinajstić information content (AvgIpc) is 1.61. The summed E-state index contributed by atoms with van der Waals surface area (Å²) in [7, 11) is 0. The zero-order chi connectivity index (χ0) is 59.2. The molecule has 0 aliphatic carbocycles. The van der Waals surface area contributed by atoms with E-state index in [4.69, 9.17) is 19.9 Å². The van der Waals surface area contributed by atoms with E-state index >= 15 is 0 Å². The van der Waals surface area contributed by atoms with Gasteiger partial charge in [0.2, 0.25) is 0 Å². The van der Waals surface area contributed by atoms with Crippen molar-refractivity contribution in [3.05, 3.63) is 289 Å². The van der Waals surface area contributed by atoms with E-state index in [2.05, 4.69) is 130 Å². The van der Waals surface area contributed by atoms with Gasteiger partial charge < -0.3 is 9.13 Å². The van der Waals surface area contributed by atoms with Crippen LogP contribution in [0.2, 0.25) is 0 Å². The largest absolute Gasteiger partial charge is 0.309 e. The molecule has 0 aliphatic heterocycles. The maximum absolute atomic E-state index is 10.4. The van der Waals surface area contributed by atoms with Crippen molar-refractivity contribution < 1.29 is 0 Å². The van der Waals surface area contributed by atoms with Gasteiger partial charge in [0, 0.05) is 61.8 Å². The van der Waals surface area contributed by atoms with Crippen LogP contribution in [0.5, 0.6) is 0 Å². The number of aromatic nitrogens is 6. The van der Waals surface area contributed by atoms with Gasteiger partial charge in [0.05, 0.1) is 80.0 Å². The summed E-state index contributed by atoms with van der Waals surface area (Å²) in [4.78, 5) is 20.5.